The van der Waals surface area contributed by atoms with Crippen molar-refractivity contribution in [2.45, 2.75) is 0 Å². The number of para-hydroxylation sites is 2. The fraction of sp³-hybridized carbons (Fsp3) is 0. The first-order valence-corrected chi connectivity index (χ1v) is 27.8. The fourth-order valence-electron chi connectivity index (χ4n) is 10.4. The Morgan fingerprint density at radius 2 is 0.713 bits per heavy atom. The highest BCUT2D eigenvalue weighted by atomic mass is 35.5. The summed E-state index contributed by atoms with van der Waals surface area (Å²) in [4.78, 5) is 21.5. The third-order valence-corrected chi connectivity index (χ3v) is 16.4. The molecule has 386 valence electrons. The van der Waals surface area contributed by atoms with Crippen LogP contribution >= 0.6 is 92.8 Å². The summed E-state index contributed by atoms with van der Waals surface area (Å²) in [5.74, 6) is 0.123. The van der Waals surface area contributed by atoms with Crippen LogP contribution in [0, 0.1) is 0 Å². The highest BCUT2D eigenvalue weighted by Gasteiger charge is 2.35. The van der Waals surface area contributed by atoms with Gasteiger partial charge in [0, 0.05) is 92.4 Å². The summed E-state index contributed by atoms with van der Waals surface area (Å²) < 4.78 is 3.84. The van der Waals surface area contributed by atoms with E-state index in [1.165, 1.54) is 0 Å². The number of nitrogens with zero attached hydrogens (tertiary/aromatic N) is 8. The van der Waals surface area contributed by atoms with Crippen molar-refractivity contribution in [1.29, 1.82) is 0 Å². The van der Waals surface area contributed by atoms with Gasteiger partial charge >= 0.3 is 0 Å². The maximum Gasteiger partial charge on any atom is 0.259 e. The van der Waals surface area contributed by atoms with Crippen molar-refractivity contribution in [3.8, 4) is 55.9 Å². The third-order valence-electron chi connectivity index (χ3n) is 13.8. The second-order valence-electron chi connectivity index (χ2n) is 18.4. The van der Waals surface area contributed by atoms with Gasteiger partial charge < -0.3 is 4.57 Å². The number of rotatable bonds is 8. The molecule has 0 fully saturated rings. The van der Waals surface area contributed by atoms with E-state index >= 15 is 0 Å². The van der Waals surface area contributed by atoms with Gasteiger partial charge in [0.15, 0.2) is 5.65 Å². The molecule has 0 unspecified atom stereocenters. The molecule has 0 amide bonds. The highest BCUT2D eigenvalue weighted by molar-refractivity contribution is 6.40. The number of benzene rings is 8. The number of halogens is 8. The topological polar surface area (TPSA) is 86.7 Å². The summed E-state index contributed by atoms with van der Waals surface area (Å²) in [6, 6.07) is 62.2. The molecule has 2 aliphatic heterocycles. The summed E-state index contributed by atoms with van der Waals surface area (Å²) in [5, 5.41) is 12.7. The summed E-state index contributed by atoms with van der Waals surface area (Å²) in [7, 11) is 0. The lowest BCUT2D eigenvalue weighted by atomic mass is 9.89. The van der Waals surface area contributed by atoms with Gasteiger partial charge in [-0.1, -0.05) is 226 Å². The standard InChI is InChI=1S/C64H34Cl8N8/c65-43-23-7-1-17-36(43)42-33-35-34-53-77-78-64(79(53)51-31-15-13-29-49(51)71)76-63-74-59(41-22-6-12-28-48(41)70)60(75-63)57(40-21-5-11-27-47(40)69)62-55(38-19-3-9-25-45(38)67)54(37-18-2-8-24-44(37)66)61(80(62)52-32-16-14-30-50(52)72)56(58(42)73-35)39-20-4-10-26-46(39)68/h1-34H. The van der Waals surface area contributed by atoms with Gasteiger partial charge in [-0.25, -0.2) is 15.0 Å². The van der Waals surface area contributed by atoms with E-state index in [4.69, 9.17) is 123 Å². The van der Waals surface area contributed by atoms with Crippen LogP contribution < -0.4 is 0 Å². The Hall–Kier alpha value is -7.60. The van der Waals surface area contributed by atoms with Crippen LogP contribution in [0.2, 0.25) is 40.2 Å². The molecule has 0 spiro atoms. The molecule has 8 nitrogen and oxygen atoms in total. The van der Waals surface area contributed by atoms with Crippen LogP contribution in [0.5, 0.6) is 0 Å². The Morgan fingerprint density at radius 1 is 0.325 bits per heavy atom. The average Bonchev–Trinajstić information content (AvgIpc) is 4.36. The summed E-state index contributed by atoms with van der Waals surface area (Å²) in [6.45, 7) is 0. The van der Waals surface area contributed by atoms with Gasteiger partial charge in [0.1, 0.15) is 11.4 Å². The van der Waals surface area contributed by atoms with Crippen molar-refractivity contribution in [1.82, 2.24) is 34.3 Å². The number of hydrogen-bond donors (Lipinski definition) is 0. The first-order chi connectivity index (χ1) is 39.0. The smallest absolute Gasteiger partial charge is 0.259 e. The van der Waals surface area contributed by atoms with Crippen molar-refractivity contribution >= 4 is 139 Å². The second kappa shape index (κ2) is 21.5. The van der Waals surface area contributed by atoms with Gasteiger partial charge in [-0.05, 0) is 66.7 Å². The van der Waals surface area contributed by atoms with E-state index in [1.807, 2.05) is 194 Å². The van der Waals surface area contributed by atoms with Crippen LogP contribution in [0.4, 0.5) is 5.95 Å². The number of aromatic nitrogens is 7. The van der Waals surface area contributed by atoms with Crippen LogP contribution in [0.3, 0.4) is 0 Å². The van der Waals surface area contributed by atoms with Gasteiger partial charge in [-0.3, -0.25) is 4.57 Å². The minimum atomic E-state index is 0.0126. The van der Waals surface area contributed by atoms with Gasteiger partial charge in [-0.15, -0.1) is 10.2 Å². The molecule has 11 aromatic rings. The lowest BCUT2D eigenvalue weighted by molar-refractivity contribution is 1.07. The number of fused-ring (bicyclic) bond motifs is 8. The molecule has 0 radical (unpaired) electrons. The molecule has 0 aliphatic carbocycles. The normalized spacial score (nSPS) is 12.2. The van der Waals surface area contributed by atoms with Crippen LogP contribution in [0.15, 0.2) is 205 Å². The first kappa shape index (κ1) is 51.8. The molecule has 0 saturated carbocycles. The minimum Gasteiger partial charge on any atom is -0.306 e. The molecule has 2 aliphatic rings. The molecule has 8 bridgehead atoms. The Bertz CT molecular complexity index is 4380. The quantitative estimate of drug-likeness (QED) is 0.151. The van der Waals surface area contributed by atoms with Gasteiger partial charge in [-0.2, -0.15) is 4.98 Å². The van der Waals surface area contributed by atoms with Crippen LogP contribution in [-0.2, 0) is 0 Å². The van der Waals surface area contributed by atoms with E-state index < -0.39 is 0 Å². The maximum absolute atomic E-state index is 7.68. The lowest BCUT2D eigenvalue weighted by Crippen LogP contribution is -2.06. The summed E-state index contributed by atoms with van der Waals surface area (Å²) in [6.07, 6.45) is 1.96. The molecular formula is C64H34Cl8N8. The monoisotopic (exact) mass is 1190 g/mol. The lowest BCUT2D eigenvalue weighted by Gasteiger charge is -2.18. The average molecular weight is 1200 g/mol. The van der Waals surface area contributed by atoms with Gasteiger partial charge in [0.05, 0.1) is 48.9 Å². The molecule has 13 rings (SSSR count). The Morgan fingerprint density at radius 3 is 1.18 bits per heavy atom. The maximum atomic E-state index is 7.68. The highest BCUT2D eigenvalue weighted by Crippen LogP contribution is 2.55. The Labute approximate surface area is 498 Å². The second-order valence-corrected chi connectivity index (χ2v) is 21.7. The zero-order chi connectivity index (χ0) is 54.8. The minimum absolute atomic E-state index is 0.0126. The molecule has 16 heteroatoms. The third kappa shape index (κ3) is 9.07. The fourth-order valence-corrected chi connectivity index (χ4v) is 12.2. The van der Waals surface area contributed by atoms with E-state index in [1.54, 1.807) is 16.7 Å². The van der Waals surface area contributed by atoms with Crippen molar-refractivity contribution < 1.29 is 0 Å². The van der Waals surface area contributed by atoms with E-state index in [-0.39, 0.29) is 11.7 Å². The predicted octanol–water partition coefficient (Wildman–Crippen LogP) is 20.1. The SMILES string of the molecule is Clc1ccccc1C1=Cc2cc3nnc(nc4nc(c(-c5ccccc5Cl)c5c(-c6ccccc6Cl)c(-c6ccccc6Cl)c(c(-c6ccccc6Cl)c1n2)n5-c1ccccc1Cl)C(c1ccccc1Cl)=N4)n3-c1ccccc1Cl. The van der Waals surface area contributed by atoms with Crippen LogP contribution in [0.25, 0.3) is 90.0 Å². The van der Waals surface area contributed by atoms with Crippen molar-refractivity contribution in [3.05, 3.63) is 269 Å². The predicted molar refractivity (Wildman–Crippen MR) is 331 cm³/mol. The molecule has 0 atom stereocenters. The molecule has 0 saturated heterocycles. The Kier molecular flexibility index (Phi) is 13.9. The molecule has 8 aromatic carbocycles. The molecule has 5 heterocycles. The molecule has 0 N–H and O–H groups in total. The van der Waals surface area contributed by atoms with Crippen molar-refractivity contribution in [2.24, 2.45) is 4.99 Å². The van der Waals surface area contributed by atoms with Crippen LogP contribution in [-0.4, -0.2) is 40.0 Å². The number of hydrogen-bond acceptors (Lipinski definition) is 6. The van der Waals surface area contributed by atoms with Crippen LogP contribution in [0.1, 0.15) is 28.2 Å². The van der Waals surface area contributed by atoms with E-state index in [0.29, 0.717) is 152 Å². The first-order valence-electron chi connectivity index (χ1n) is 24.8. The van der Waals surface area contributed by atoms with E-state index in [0.717, 1.165) is 0 Å². The van der Waals surface area contributed by atoms with Crippen molar-refractivity contribution in [2.75, 3.05) is 0 Å². The summed E-state index contributed by atoms with van der Waals surface area (Å²) >= 11 is 59.9. The van der Waals surface area contributed by atoms with E-state index in [2.05, 4.69) is 4.57 Å². The van der Waals surface area contributed by atoms with E-state index in [9.17, 15) is 0 Å². The van der Waals surface area contributed by atoms with Crippen molar-refractivity contribution in [3.63, 3.8) is 0 Å². The molecular weight excluding hydrogens is 1160 g/mol. The largest absolute Gasteiger partial charge is 0.306 e. The Balaban J connectivity index is 1.45. The number of aliphatic imine (C=N–C) groups is 1. The zero-order valence-corrected chi connectivity index (χ0v) is 47.3. The molecule has 80 heavy (non-hydrogen) atoms. The zero-order valence-electron chi connectivity index (χ0n) is 41.2. The molecule has 3 aromatic heterocycles. The van der Waals surface area contributed by atoms with Gasteiger partial charge in [0.25, 0.3) is 11.7 Å². The van der Waals surface area contributed by atoms with Gasteiger partial charge in [0.2, 0.25) is 0 Å². The summed E-state index contributed by atoms with van der Waals surface area (Å²) in [5.41, 5.74) is 10.6.